The van der Waals surface area contributed by atoms with E-state index in [2.05, 4.69) is 17.2 Å². The Kier molecular flexibility index (Phi) is 9.03. The van der Waals surface area contributed by atoms with Gasteiger partial charge in [0.25, 0.3) is 0 Å². The van der Waals surface area contributed by atoms with E-state index in [1.165, 1.54) is 12.1 Å². The highest BCUT2D eigenvalue weighted by atomic mass is 19.4. The summed E-state index contributed by atoms with van der Waals surface area (Å²) in [5.41, 5.74) is -1.61. The molecule has 0 aromatic heterocycles. The summed E-state index contributed by atoms with van der Waals surface area (Å²) in [6.07, 6.45) is -9.48. The molecule has 4 nitrogen and oxygen atoms in total. The maximum absolute atomic E-state index is 12.5. The van der Waals surface area contributed by atoms with Crippen LogP contribution in [0, 0.1) is 0 Å². The van der Waals surface area contributed by atoms with Gasteiger partial charge in [-0.1, -0.05) is 18.7 Å². The number of alkyl halides is 6. The summed E-state index contributed by atoms with van der Waals surface area (Å²) < 4.78 is 74.0. The molecule has 0 unspecified atom stereocenters. The smallest absolute Gasteiger partial charge is 0.400 e. The number of aliphatic hydroxyl groups excluding tert-OH is 1. The van der Waals surface area contributed by atoms with Crippen molar-refractivity contribution in [3.8, 4) is 0 Å². The second kappa shape index (κ2) is 9.92. The van der Waals surface area contributed by atoms with Crippen LogP contribution in [0.5, 0.6) is 0 Å². The lowest BCUT2D eigenvalue weighted by molar-refractivity contribution is -0.137. The van der Waals surface area contributed by atoms with Gasteiger partial charge in [0, 0.05) is 25.8 Å². The van der Waals surface area contributed by atoms with E-state index in [0.29, 0.717) is 0 Å². The van der Waals surface area contributed by atoms with Crippen LogP contribution in [-0.4, -0.2) is 31.0 Å². The van der Waals surface area contributed by atoms with Crippen molar-refractivity contribution in [2.45, 2.75) is 25.3 Å². The summed E-state index contributed by atoms with van der Waals surface area (Å²) in [7, 11) is 1.00. The monoisotopic (exact) mass is 372 g/mol. The summed E-state index contributed by atoms with van der Waals surface area (Å²) in [5.74, 6) is 0. The molecule has 0 bridgehead atoms. The molecule has 10 heteroatoms. The highest BCUT2D eigenvalue weighted by molar-refractivity contribution is 5.73. The fourth-order valence-corrected chi connectivity index (χ4v) is 1.57. The van der Waals surface area contributed by atoms with Gasteiger partial charge in [0.2, 0.25) is 0 Å². The third-order valence-corrected chi connectivity index (χ3v) is 2.82. The van der Waals surface area contributed by atoms with Gasteiger partial charge in [0.1, 0.15) is 0 Å². The first-order chi connectivity index (χ1) is 11.5. The van der Waals surface area contributed by atoms with Crippen molar-refractivity contribution in [3.05, 3.63) is 47.5 Å². The highest BCUT2D eigenvalue weighted by Crippen LogP contribution is 2.29. The van der Waals surface area contributed by atoms with Gasteiger partial charge in [0.05, 0.1) is 5.56 Å². The van der Waals surface area contributed by atoms with Gasteiger partial charge in [-0.25, -0.2) is 4.79 Å². The number of carbonyl (C=O) groups is 1. The summed E-state index contributed by atoms with van der Waals surface area (Å²) in [5, 5.41) is 11.4. The zero-order valence-electron chi connectivity index (χ0n) is 13.3. The van der Waals surface area contributed by atoms with Gasteiger partial charge in [-0.3, -0.25) is 0 Å². The summed E-state index contributed by atoms with van der Waals surface area (Å²) >= 11 is 0. The topological polar surface area (TPSA) is 61.4 Å². The molecule has 0 saturated carbocycles. The second-order valence-corrected chi connectivity index (χ2v) is 4.66. The van der Waals surface area contributed by atoms with E-state index < -0.39 is 35.9 Å². The lowest BCUT2D eigenvalue weighted by Crippen LogP contribution is -2.36. The number of hydrogen-bond donors (Lipinski definition) is 3. The molecule has 0 radical (unpaired) electrons. The molecule has 0 aliphatic carbocycles. The molecular formula is C15H18F6N2O2. The van der Waals surface area contributed by atoms with E-state index in [0.717, 1.165) is 19.2 Å². The fraction of sp³-hybridized carbons (Fsp3) is 0.400. The van der Waals surface area contributed by atoms with Gasteiger partial charge in [0.15, 0.2) is 0 Å². The zero-order valence-corrected chi connectivity index (χ0v) is 13.3. The fourth-order valence-electron chi connectivity index (χ4n) is 1.57. The minimum absolute atomic E-state index is 0.185. The Bertz CT molecular complexity index is 570. The average molecular weight is 372 g/mol. The second-order valence-electron chi connectivity index (χ2n) is 4.66. The number of rotatable bonds is 5. The summed E-state index contributed by atoms with van der Waals surface area (Å²) in [4.78, 5) is 11.4. The lowest BCUT2D eigenvalue weighted by Gasteiger charge is -2.12. The number of nitrogens with one attached hydrogen (secondary N) is 2. The van der Waals surface area contributed by atoms with Crippen LogP contribution in [0.1, 0.15) is 17.5 Å². The van der Waals surface area contributed by atoms with Crippen molar-refractivity contribution in [1.29, 1.82) is 0 Å². The van der Waals surface area contributed by atoms with Crippen LogP contribution in [-0.2, 0) is 12.7 Å². The van der Waals surface area contributed by atoms with Gasteiger partial charge in [-0.2, -0.15) is 26.3 Å². The predicted molar refractivity (Wildman–Crippen MR) is 79.6 cm³/mol. The molecule has 0 atom stereocenters. The molecule has 0 fully saturated rings. The van der Waals surface area contributed by atoms with E-state index in [1.54, 1.807) is 0 Å². The molecule has 2 amide bonds. The van der Waals surface area contributed by atoms with Crippen LogP contribution in [0.2, 0.25) is 0 Å². The standard InChI is InChI=1S/C14H14F6N2O.CH4O/c1-9(13(15,16)17)5-6-21-12(23)22-8-10-3-2-4-11(7-10)14(18,19)20;1-2/h2-4,7H,1,5-6,8H2,(H2,21,22,23);2H,1H3. The highest BCUT2D eigenvalue weighted by Gasteiger charge is 2.31. The molecule has 25 heavy (non-hydrogen) atoms. The first kappa shape index (κ1) is 22.8. The molecule has 3 N–H and O–H groups in total. The Hall–Kier alpha value is -2.23. The predicted octanol–water partition coefficient (Wildman–Crippen LogP) is 3.62. The molecule has 0 aliphatic rings. The number of aliphatic hydroxyl groups is 1. The third-order valence-electron chi connectivity index (χ3n) is 2.82. The summed E-state index contributed by atoms with van der Waals surface area (Å²) in [6, 6.07) is 3.59. The largest absolute Gasteiger partial charge is 0.416 e. The van der Waals surface area contributed by atoms with Crippen LogP contribution < -0.4 is 10.6 Å². The Morgan fingerprint density at radius 1 is 1.12 bits per heavy atom. The SMILES string of the molecule is C=C(CCNC(=O)NCc1cccc(C(F)(F)F)c1)C(F)(F)F.CO. The van der Waals surface area contributed by atoms with Crippen molar-refractivity contribution in [1.82, 2.24) is 10.6 Å². The van der Waals surface area contributed by atoms with E-state index >= 15 is 0 Å². The average Bonchev–Trinajstić information content (AvgIpc) is 2.53. The normalized spacial score (nSPS) is 11.2. The minimum Gasteiger partial charge on any atom is -0.400 e. The van der Waals surface area contributed by atoms with Crippen LogP contribution in [0.25, 0.3) is 0 Å². The number of halogens is 6. The molecular weight excluding hydrogens is 354 g/mol. The van der Waals surface area contributed by atoms with E-state index in [-0.39, 0.29) is 18.7 Å². The van der Waals surface area contributed by atoms with Crippen LogP contribution in [0.4, 0.5) is 31.1 Å². The number of amides is 2. The Morgan fingerprint density at radius 2 is 1.72 bits per heavy atom. The Balaban J connectivity index is 0.00000277. The van der Waals surface area contributed by atoms with Crippen molar-refractivity contribution in [2.75, 3.05) is 13.7 Å². The molecule has 1 rings (SSSR count). The van der Waals surface area contributed by atoms with Crippen LogP contribution >= 0.6 is 0 Å². The summed E-state index contributed by atoms with van der Waals surface area (Å²) in [6.45, 7) is 2.38. The van der Waals surface area contributed by atoms with Crippen molar-refractivity contribution in [3.63, 3.8) is 0 Å². The molecule has 0 aliphatic heterocycles. The van der Waals surface area contributed by atoms with Crippen molar-refractivity contribution >= 4 is 6.03 Å². The van der Waals surface area contributed by atoms with Gasteiger partial charge < -0.3 is 15.7 Å². The Morgan fingerprint density at radius 3 is 2.24 bits per heavy atom. The van der Waals surface area contributed by atoms with Gasteiger partial charge in [-0.15, -0.1) is 0 Å². The van der Waals surface area contributed by atoms with Crippen molar-refractivity contribution < 1.29 is 36.2 Å². The molecule has 0 saturated heterocycles. The third kappa shape index (κ3) is 8.99. The first-order valence-corrected chi connectivity index (χ1v) is 6.87. The quantitative estimate of drug-likeness (QED) is 0.546. The number of urea groups is 1. The maximum Gasteiger partial charge on any atom is 0.416 e. The van der Waals surface area contributed by atoms with Crippen LogP contribution in [0.3, 0.4) is 0 Å². The molecule has 1 aromatic carbocycles. The zero-order chi connectivity index (χ0) is 19.7. The molecule has 142 valence electrons. The van der Waals surface area contributed by atoms with Crippen LogP contribution in [0.15, 0.2) is 36.4 Å². The molecule has 0 spiro atoms. The maximum atomic E-state index is 12.5. The van der Waals surface area contributed by atoms with E-state index in [4.69, 9.17) is 5.11 Å². The Labute approximate surface area is 140 Å². The molecule has 1 aromatic rings. The van der Waals surface area contributed by atoms with Gasteiger partial charge in [-0.05, 0) is 24.1 Å². The van der Waals surface area contributed by atoms with E-state index in [1.807, 2.05) is 0 Å². The number of carbonyl (C=O) groups excluding carboxylic acids is 1. The number of benzene rings is 1. The molecule has 0 heterocycles. The van der Waals surface area contributed by atoms with Crippen molar-refractivity contribution in [2.24, 2.45) is 0 Å². The lowest BCUT2D eigenvalue weighted by atomic mass is 10.1. The van der Waals surface area contributed by atoms with Gasteiger partial charge >= 0.3 is 18.4 Å². The minimum atomic E-state index is -4.52. The van der Waals surface area contributed by atoms with E-state index in [9.17, 15) is 31.1 Å². The first-order valence-electron chi connectivity index (χ1n) is 6.87. The number of hydrogen-bond acceptors (Lipinski definition) is 2.